The van der Waals surface area contributed by atoms with Gasteiger partial charge in [0.05, 0.1) is 17.7 Å². The van der Waals surface area contributed by atoms with Gasteiger partial charge in [-0.1, -0.05) is 10.3 Å². The molecule has 15 nitrogen and oxygen atoms in total. The van der Waals surface area contributed by atoms with Crippen LogP contribution in [0, 0.1) is 11.3 Å². The fraction of sp³-hybridized carbons (Fsp3) is 0.360. The Morgan fingerprint density at radius 1 is 1.39 bits per heavy atom. The number of carboxylic acid groups (broad SMARTS) is 1. The molecule has 5 N–H and O–H groups in total. The summed E-state index contributed by atoms with van der Waals surface area (Å²) in [5.74, 6) is -1.84. The predicted molar refractivity (Wildman–Crippen MR) is 179 cm³/mol. The molecule has 3 aromatic rings. The average molecular weight is 748 g/mol. The summed E-state index contributed by atoms with van der Waals surface area (Å²) in [4.78, 5) is 49.3. The first-order chi connectivity index (χ1) is 21.2. The van der Waals surface area contributed by atoms with Gasteiger partial charge in [0.15, 0.2) is 17.0 Å². The number of carboxylic acids is 1. The standard InChI is InChI=1S/C25H26N10O5S4.2ClH/c1-41-14(8-27)10-40-32-18(15-12-44-25(28)29-15)21(36)30-19-22(37)35-20(24(38)39)13(11-43-23(19)35)9-33-5-6-34-17(33)3-2-16(31-34)42-7-4-26;;/h2-3,5-6,12,14,19,23H,4,7,9-11,26H2,1H3,(H3-,28,29,30,36,38,39);2*1H/b32-18-;;/t14?,19-,23-;;/m1../s1. The van der Waals surface area contributed by atoms with Crippen LogP contribution in [0.1, 0.15) is 5.69 Å². The second kappa shape index (κ2) is 16.5. The number of carbonyl (C=O) groups excluding carboxylic acids is 3. The van der Waals surface area contributed by atoms with Crippen molar-refractivity contribution < 1.29 is 28.9 Å². The SMILES string of the molecule is CSC(C#N)CO/N=C(\C(=O)N[C@@H]1C(=O)N2C(C(=O)[O-])=C(C[n+]3ccn4nc(SCCN)ccc43)CS[C@H]12)c1csc(N)n1.Cl.Cl. The van der Waals surface area contributed by atoms with Crippen LogP contribution in [0.2, 0.25) is 0 Å². The number of fused-ring (bicyclic) bond motifs is 2. The van der Waals surface area contributed by atoms with Crippen LogP contribution in [0.4, 0.5) is 5.13 Å². The molecule has 3 aromatic heterocycles. The number of nitrogens with zero attached hydrogens (tertiary/aromatic N) is 7. The maximum absolute atomic E-state index is 13.3. The second-order valence-corrected chi connectivity index (χ2v) is 13.4. The largest absolute Gasteiger partial charge is 0.543 e. The number of hydrogen-bond acceptors (Lipinski definition) is 15. The van der Waals surface area contributed by atoms with E-state index in [0.717, 1.165) is 32.7 Å². The van der Waals surface area contributed by atoms with Crippen LogP contribution in [0.3, 0.4) is 0 Å². The first-order valence-electron chi connectivity index (χ1n) is 13.0. The Labute approximate surface area is 292 Å². The van der Waals surface area contributed by atoms with Gasteiger partial charge in [-0.2, -0.15) is 5.26 Å². The molecular weight excluding hydrogens is 720 g/mol. The number of aliphatic carboxylic acids is 1. The molecule has 3 atom stereocenters. The van der Waals surface area contributed by atoms with Gasteiger partial charge in [-0.3, -0.25) is 14.5 Å². The molecule has 0 bridgehead atoms. The number of β-lactam (4-membered cyclic amide) rings is 1. The molecular formula is C25H28Cl2N10O5S4. The Bertz CT molecular complexity index is 1710. The number of imidazole rings is 1. The minimum atomic E-state index is -1.49. The molecule has 5 heterocycles. The van der Waals surface area contributed by atoms with Crippen LogP contribution in [-0.4, -0.2) is 90.6 Å². The molecule has 0 saturated carbocycles. The number of amides is 2. The molecule has 21 heteroatoms. The van der Waals surface area contributed by atoms with Gasteiger partial charge >= 0.3 is 5.65 Å². The van der Waals surface area contributed by atoms with E-state index < -0.39 is 34.4 Å². The van der Waals surface area contributed by atoms with Crippen molar-refractivity contribution in [3.63, 3.8) is 0 Å². The maximum Gasteiger partial charge on any atom is 0.307 e. The van der Waals surface area contributed by atoms with Crippen molar-refractivity contribution in [2.24, 2.45) is 10.9 Å². The van der Waals surface area contributed by atoms with Gasteiger partial charge in [0.2, 0.25) is 0 Å². The molecule has 1 saturated heterocycles. The number of rotatable bonds is 13. The van der Waals surface area contributed by atoms with E-state index in [2.05, 4.69) is 20.6 Å². The normalized spacial score (nSPS) is 18.1. The molecule has 0 spiro atoms. The van der Waals surface area contributed by atoms with Crippen LogP contribution in [0.5, 0.6) is 0 Å². The van der Waals surface area contributed by atoms with Crippen LogP contribution in [0.25, 0.3) is 5.65 Å². The van der Waals surface area contributed by atoms with Gasteiger partial charge in [-0.15, -0.1) is 76.0 Å². The molecule has 0 radical (unpaired) electrons. The fourth-order valence-electron chi connectivity index (χ4n) is 4.48. The number of halogens is 2. The molecule has 46 heavy (non-hydrogen) atoms. The number of oxime groups is 1. The second-order valence-electron chi connectivity index (χ2n) is 9.30. The van der Waals surface area contributed by atoms with Gasteiger partial charge in [0.1, 0.15) is 46.7 Å². The average Bonchev–Trinajstić information content (AvgIpc) is 3.63. The van der Waals surface area contributed by atoms with Crippen molar-refractivity contribution in [3.05, 3.63) is 46.9 Å². The Morgan fingerprint density at radius 3 is 2.83 bits per heavy atom. The van der Waals surface area contributed by atoms with E-state index in [0.29, 0.717) is 12.1 Å². The van der Waals surface area contributed by atoms with E-state index in [1.165, 1.54) is 40.7 Å². The summed E-state index contributed by atoms with van der Waals surface area (Å²) in [6.45, 7) is 0.641. The number of aromatic nitrogens is 4. The van der Waals surface area contributed by atoms with Crippen molar-refractivity contribution in [1.29, 1.82) is 5.26 Å². The lowest BCUT2D eigenvalue weighted by molar-refractivity contribution is -0.662. The number of nitrogens with two attached hydrogens (primary N) is 2. The van der Waals surface area contributed by atoms with Gasteiger partial charge < -0.3 is 31.5 Å². The number of nitrogen functional groups attached to an aromatic ring is 1. The number of thiazole rings is 1. The summed E-state index contributed by atoms with van der Waals surface area (Å²) < 4.78 is 3.53. The van der Waals surface area contributed by atoms with Crippen LogP contribution >= 0.6 is 71.4 Å². The molecule has 246 valence electrons. The Morgan fingerprint density at radius 2 is 2.17 bits per heavy atom. The van der Waals surface area contributed by atoms with E-state index >= 15 is 0 Å². The molecule has 5 rings (SSSR count). The van der Waals surface area contributed by atoms with Crippen LogP contribution in [-0.2, 0) is 25.8 Å². The van der Waals surface area contributed by atoms with E-state index in [-0.39, 0.29) is 66.0 Å². The highest BCUT2D eigenvalue weighted by molar-refractivity contribution is 8.00. The molecule has 1 fully saturated rings. The van der Waals surface area contributed by atoms with Crippen molar-refractivity contribution >= 4 is 106 Å². The lowest BCUT2D eigenvalue weighted by Crippen LogP contribution is -2.71. The summed E-state index contributed by atoms with van der Waals surface area (Å²) in [6, 6.07) is 4.77. The Balaban J connectivity index is 0.00000288. The van der Waals surface area contributed by atoms with Gasteiger partial charge in [0, 0.05) is 35.1 Å². The number of nitriles is 1. The highest BCUT2D eigenvalue weighted by Crippen LogP contribution is 2.40. The predicted octanol–water partition coefficient (Wildman–Crippen LogP) is -0.365. The Hall–Kier alpha value is -3.25. The fourth-order valence-corrected chi connectivity index (χ4v) is 7.30. The van der Waals surface area contributed by atoms with Gasteiger partial charge in [0.25, 0.3) is 11.8 Å². The number of hydrogen-bond donors (Lipinski definition) is 3. The number of thioether (sulfide) groups is 3. The molecule has 2 amide bonds. The zero-order chi connectivity index (χ0) is 31.4. The van der Waals surface area contributed by atoms with E-state index in [1.54, 1.807) is 23.2 Å². The third kappa shape index (κ3) is 7.82. The molecule has 1 unspecified atom stereocenters. The summed E-state index contributed by atoms with van der Waals surface area (Å²) >= 11 is 5.20. The van der Waals surface area contributed by atoms with Gasteiger partial charge in [-0.25, -0.2) is 9.55 Å². The monoisotopic (exact) mass is 746 g/mol. The third-order valence-corrected chi connectivity index (χ3v) is 10.3. The molecule has 2 aliphatic heterocycles. The molecule has 0 aliphatic carbocycles. The zero-order valence-corrected chi connectivity index (χ0v) is 28.8. The highest BCUT2D eigenvalue weighted by atomic mass is 35.5. The molecule has 2 aliphatic rings. The van der Waals surface area contributed by atoms with E-state index in [1.807, 2.05) is 22.8 Å². The minimum Gasteiger partial charge on any atom is -0.543 e. The first-order valence-corrected chi connectivity index (χ1v) is 17.2. The summed E-state index contributed by atoms with van der Waals surface area (Å²) in [7, 11) is 0. The number of nitrogens with one attached hydrogen (secondary N) is 1. The summed E-state index contributed by atoms with van der Waals surface area (Å²) in [6.07, 6.45) is 5.28. The van der Waals surface area contributed by atoms with E-state index in [9.17, 15) is 19.5 Å². The van der Waals surface area contributed by atoms with Gasteiger partial charge in [-0.05, 0) is 12.3 Å². The lowest BCUT2D eigenvalue weighted by atomic mass is 10.0. The first kappa shape index (κ1) is 37.2. The smallest absolute Gasteiger partial charge is 0.307 e. The molecule has 0 aromatic carbocycles. The summed E-state index contributed by atoms with van der Waals surface area (Å²) in [5, 5.41) is 33.8. The quantitative estimate of drug-likeness (QED) is 0.0669. The summed E-state index contributed by atoms with van der Waals surface area (Å²) in [5.41, 5.74) is 12.2. The van der Waals surface area contributed by atoms with Crippen LogP contribution in [0.15, 0.2) is 51.4 Å². The van der Waals surface area contributed by atoms with Crippen LogP contribution < -0.4 is 26.5 Å². The topological polar surface area (TPSA) is 221 Å². The van der Waals surface area contributed by atoms with Crippen molar-refractivity contribution in [1.82, 2.24) is 24.8 Å². The maximum atomic E-state index is 13.3. The zero-order valence-electron chi connectivity index (χ0n) is 23.9. The minimum absolute atomic E-state index is 0. The third-order valence-electron chi connectivity index (χ3n) is 6.54. The van der Waals surface area contributed by atoms with E-state index in [4.69, 9.17) is 21.6 Å². The number of carbonyl (C=O) groups is 3. The number of anilines is 1. The highest BCUT2D eigenvalue weighted by Gasteiger charge is 2.53. The van der Waals surface area contributed by atoms with Crippen molar-refractivity contribution in [3.8, 4) is 6.07 Å². The lowest BCUT2D eigenvalue weighted by Gasteiger charge is -2.50. The van der Waals surface area contributed by atoms with Crippen molar-refractivity contribution in [2.45, 2.75) is 28.2 Å². The Kier molecular flexibility index (Phi) is 13.4. The van der Waals surface area contributed by atoms with Crippen molar-refractivity contribution in [2.75, 3.05) is 36.6 Å².